The molecule has 0 spiro atoms. The quantitative estimate of drug-likeness (QED) is 0.131. The van der Waals surface area contributed by atoms with Gasteiger partial charge in [-0.1, -0.05) is 36.4 Å². The Bertz CT molecular complexity index is 1540. The Balaban J connectivity index is 1.45. The Labute approximate surface area is 288 Å². The van der Waals surface area contributed by atoms with Gasteiger partial charge in [0.05, 0.1) is 22.8 Å². The van der Waals surface area contributed by atoms with Crippen molar-refractivity contribution in [2.24, 2.45) is 0 Å². The zero-order chi connectivity index (χ0) is 34.5. The first-order chi connectivity index (χ1) is 23.7. The van der Waals surface area contributed by atoms with E-state index in [4.69, 9.17) is 4.74 Å². The number of ether oxygens (including phenoxy) is 1. The van der Waals surface area contributed by atoms with Gasteiger partial charge in [0.15, 0.2) is 0 Å². The van der Waals surface area contributed by atoms with E-state index in [0.717, 1.165) is 39.5 Å². The van der Waals surface area contributed by atoms with Crippen molar-refractivity contribution in [3.05, 3.63) is 149 Å². The lowest BCUT2D eigenvalue weighted by atomic mass is 10.00. The molecule has 0 atom stereocenters. The maximum Gasteiger partial charge on any atom is 0.407 e. The van der Waals surface area contributed by atoms with Gasteiger partial charge in [-0.2, -0.15) is 0 Å². The van der Waals surface area contributed by atoms with E-state index >= 15 is 0 Å². The van der Waals surface area contributed by atoms with Gasteiger partial charge in [0, 0.05) is 81.7 Å². The normalized spacial score (nSPS) is 11.5. The molecule has 254 valence electrons. The fraction of sp³-hybridized carbons (Fsp3) is 0.308. The van der Waals surface area contributed by atoms with Crippen LogP contribution in [0.25, 0.3) is 0 Å². The number of rotatable bonds is 15. The van der Waals surface area contributed by atoms with Gasteiger partial charge in [-0.3, -0.25) is 29.7 Å². The summed E-state index contributed by atoms with van der Waals surface area (Å²) in [6.07, 6.45) is 7.26. The van der Waals surface area contributed by atoms with Gasteiger partial charge >= 0.3 is 6.09 Å². The summed E-state index contributed by atoms with van der Waals surface area (Å²) in [5.74, 6) is 0.239. The van der Waals surface area contributed by atoms with Gasteiger partial charge < -0.3 is 15.2 Å². The average Bonchev–Trinajstić information content (AvgIpc) is 3.08. The van der Waals surface area contributed by atoms with Crippen molar-refractivity contribution in [1.29, 1.82) is 0 Å². The van der Waals surface area contributed by atoms with Crippen LogP contribution >= 0.6 is 0 Å². The van der Waals surface area contributed by atoms with Gasteiger partial charge in [0.25, 0.3) is 0 Å². The van der Waals surface area contributed by atoms with Crippen molar-refractivity contribution < 1.29 is 14.6 Å². The Hall–Kier alpha value is -5.19. The van der Waals surface area contributed by atoms with Crippen molar-refractivity contribution in [3.63, 3.8) is 0 Å². The highest BCUT2D eigenvalue weighted by atomic mass is 16.6. The number of carbonyl (C=O) groups excluding carboxylic acids is 1. The summed E-state index contributed by atoms with van der Waals surface area (Å²) in [6.45, 7) is 9.11. The van der Waals surface area contributed by atoms with Gasteiger partial charge in [-0.25, -0.2) is 4.79 Å². The molecule has 1 amide bonds. The van der Waals surface area contributed by atoms with Crippen LogP contribution in [0.2, 0.25) is 0 Å². The summed E-state index contributed by atoms with van der Waals surface area (Å²) in [7, 11) is 0. The molecule has 0 fully saturated rings. The number of carbonyl (C=O) groups is 1. The smallest absolute Gasteiger partial charge is 0.407 e. The number of phenolic OH excluding ortho intramolecular Hbond substituents is 1. The fourth-order valence-corrected chi connectivity index (χ4v) is 5.54. The maximum atomic E-state index is 12.4. The van der Waals surface area contributed by atoms with Crippen LogP contribution in [-0.4, -0.2) is 53.1 Å². The third-order valence-corrected chi connectivity index (χ3v) is 7.64. The second-order valence-electron chi connectivity index (χ2n) is 13.0. The molecule has 5 rings (SSSR count). The van der Waals surface area contributed by atoms with Crippen molar-refractivity contribution in [1.82, 2.24) is 35.1 Å². The number of alkyl carbamates (subject to hydrolysis) is 1. The standard InChI is InChI=1S/C39H45N7O3/c1-39(2,3)49-38(48)44-21-16-30-22-31(24-45(26-33-12-4-8-17-40-33)27-34-13-5-9-18-41-34)37(47)32(23-30)25-46(28-35-14-6-10-19-42-35)29-36-15-7-11-20-43-36/h4-15,17-20,22-23,47H,16,21,24-29H2,1-3H3,(H,44,48). The molecule has 0 saturated heterocycles. The molecule has 10 heteroatoms. The van der Waals surface area contributed by atoms with Crippen LogP contribution in [0.5, 0.6) is 5.75 Å². The zero-order valence-corrected chi connectivity index (χ0v) is 28.5. The van der Waals surface area contributed by atoms with E-state index < -0.39 is 11.7 Å². The van der Waals surface area contributed by atoms with E-state index in [1.54, 1.807) is 24.8 Å². The summed E-state index contributed by atoms with van der Waals surface area (Å²) in [5, 5.41) is 14.8. The number of aromatic hydroxyl groups is 1. The van der Waals surface area contributed by atoms with Gasteiger partial charge in [0.1, 0.15) is 11.4 Å². The van der Waals surface area contributed by atoms with E-state index in [2.05, 4.69) is 35.1 Å². The Kier molecular flexibility index (Phi) is 12.4. The van der Waals surface area contributed by atoms with Crippen LogP contribution in [0.3, 0.4) is 0 Å². The Morgan fingerprint density at radius 1 is 0.653 bits per heavy atom. The molecular formula is C39H45N7O3. The number of hydrogen-bond donors (Lipinski definition) is 2. The van der Waals surface area contributed by atoms with Crippen LogP contribution in [0.15, 0.2) is 110 Å². The van der Waals surface area contributed by atoms with Crippen molar-refractivity contribution in [2.75, 3.05) is 6.54 Å². The maximum absolute atomic E-state index is 12.4. The molecule has 0 radical (unpaired) electrons. The van der Waals surface area contributed by atoms with Crippen LogP contribution < -0.4 is 5.32 Å². The van der Waals surface area contributed by atoms with Crippen molar-refractivity contribution in [3.8, 4) is 5.75 Å². The van der Waals surface area contributed by atoms with Crippen LogP contribution in [0, 0.1) is 0 Å². The lowest BCUT2D eigenvalue weighted by Crippen LogP contribution is -2.33. The van der Waals surface area contributed by atoms with Crippen LogP contribution in [0.4, 0.5) is 4.79 Å². The first-order valence-corrected chi connectivity index (χ1v) is 16.5. The molecular weight excluding hydrogens is 614 g/mol. The molecule has 0 unspecified atom stereocenters. The molecule has 0 aliphatic carbocycles. The molecule has 0 aliphatic rings. The molecule has 1 aromatic carbocycles. The predicted octanol–water partition coefficient (Wildman–Crippen LogP) is 6.44. The minimum atomic E-state index is -0.585. The van der Waals surface area contributed by atoms with E-state index in [9.17, 15) is 9.90 Å². The number of benzene rings is 1. The number of phenols is 1. The highest BCUT2D eigenvalue weighted by Gasteiger charge is 2.20. The monoisotopic (exact) mass is 659 g/mol. The van der Waals surface area contributed by atoms with Crippen molar-refractivity contribution >= 4 is 6.09 Å². The molecule has 0 saturated carbocycles. The topological polar surface area (TPSA) is 117 Å². The zero-order valence-electron chi connectivity index (χ0n) is 28.5. The van der Waals surface area contributed by atoms with Crippen LogP contribution in [0.1, 0.15) is 60.2 Å². The third-order valence-electron chi connectivity index (χ3n) is 7.64. The number of hydrogen-bond acceptors (Lipinski definition) is 9. The van der Waals surface area contributed by atoms with E-state index in [1.165, 1.54) is 0 Å². The molecule has 0 aliphatic heterocycles. The lowest BCUT2D eigenvalue weighted by molar-refractivity contribution is 0.0528. The molecule has 4 aromatic heterocycles. The second kappa shape index (κ2) is 17.3. The van der Waals surface area contributed by atoms with E-state index in [1.807, 2.05) is 106 Å². The summed E-state index contributed by atoms with van der Waals surface area (Å²) in [4.78, 5) is 35.1. The second-order valence-corrected chi connectivity index (χ2v) is 13.0. The first-order valence-electron chi connectivity index (χ1n) is 16.5. The number of aromatic nitrogens is 4. The molecule has 49 heavy (non-hydrogen) atoms. The summed E-state index contributed by atoms with van der Waals surface area (Å²) >= 11 is 0. The molecule has 0 bridgehead atoms. The largest absolute Gasteiger partial charge is 0.507 e. The Morgan fingerprint density at radius 3 is 1.37 bits per heavy atom. The third kappa shape index (κ3) is 11.8. The lowest BCUT2D eigenvalue weighted by Gasteiger charge is -2.26. The van der Waals surface area contributed by atoms with Crippen molar-refractivity contribution in [2.45, 2.75) is 72.1 Å². The number of pyridine rings is 4. The molecule has 4 heterocycles. The highest BCUT2D eigenvalue weighted by Crippen LogP contribution is 2.29. The summed E-state index contributed by atoms with van der Waals surface area (Å²) in [5.41, 5.74) is 5.67. The number of nitrogens with one attached hydrogen (secondary N) is 1. The summed E-state index contributed by atoms with van der Waals surface area (Å²) < 4.78 is 5.45. The van der Waals surface area contributed by atoms with Crippen LogP contribution in [-0.2, 0) is 50.4 Å². The van der Waals surface area contributed by atoms with Gasteiger partial charge in [-0.15, -0.1) is 0 Å². The van der Waals surface area contributed by atoms with Gasteiger partial charge in [-0.05, 0) is 81.3 Å². The van der Waals surface area contributed by atoms with Gasteiger partial charge in [0.2, 0.25) is 0 Å². The minimum absolute atomic E-state index is 0.239. The first kappa shape index (κ1) is 35.1. The predicted molar refractivity (Wildman–Crippen MR) is 189 cm³/mol. The Morgan fingerprint density at radius 2 is 1.04 bits per heavy atom. The number of amides is 1. The van der Waals surface area contributed by atoms with E-state index in [0.29, 0.717) is 52.2 Å². The highest BCUT2D eigenvalue weighted by molar-refractivity contribution is 5.67. The summed E-state index contributed by atoms with van der Waals surface area (Å²) in [6, 6.07) is 27.6. The molecule has 5 aromatic rings. The number of nitrogens with zero attached hydrogens (tertiary/aromatic N) is 6. The minimum Gasteiger partial charge on any atom is -0.507 e. The molecule has 10 nitrogen and oxygen atoms in total. The molecule has 2 N–H and O–H groups in total. The fourth-order valence-electron chi connectivity index (χ4n) is 5.54. The average molecular weight is 660 g/mol. The van der Waals surface area contributed by atoms with E-state index in [-0.39, 0.29) is 5.75 Å². The SMILES string of the molecule is CC(C)(C)OC(=O)NCCc1cc(CN(Cc2ccccn2)Cc2ccccn2)c(O)c(CN(Cc2ccccn2)Cc2ccccn2)c1.